The Morgan fingerprint density at radius 2 is 2.14 bits per heavy atom. The molecule has 0 aliphatic carbocycles. The number of rotatable bonds is 8. The van der Waals surface area contributed by atoms with E-state index in [1.165, 1.54) is 12.2 Å². The summed E-state index contributed by atoms with van der Waals surface area (Å²) < 4.78 is 6.64. The van der Waals surface area contributed by atoms with Crippen LogP contribution in [0.3, 0.4) is 0 Å². The molecule has 0 spiro atoms. The summed E-state index contributed by atoms with van der Waals surface area (Å²) in [4.78, 5) is 35.8. The molecule has 150 valence electrons. The zero-order valence-corrected chi connectivity index (χ0v) is 18.6. The Labute approximate surface area is 181 Å². The Balaban J connectivity index is 2.05. The van der Waals surface area contributed by atoms with Crippen molar-refractivity contribution in [3.8, 4) is 0 Å². The molecule has 0 unspecified atom stereocenters. The lowest BCUT2D eigenvalue weighted by atomic mass is 9.98. The van der Waals surface area contributed by atoms with Crippen LogP contribution in [0.25, 0.3) is 6.08 Å². The molecule has 1 aromatic rings. The fraction of sp³-hybridized carbons (Fsp3) is 0.350. The molecular weight excluding hydrogens is 492 g/mol. The molecule has 6 nitrogen and oxygen atoms in total. The number of carbonyl (C=O) groups is 3. The van der Waals surface area contributed by atoms with Crippen LogP contribution in [0.5, 0.6) is 0 Å². The summed E-state index contributed by atoms with van der Waals surface area (Å²) in [6.07, 6.45) is 7.10. The van der Waals surface area contributed by atoms with Gasteiger partial charge in [-0.3, -0.25) is 9.59 Å². The largest absolute Gasteiger partial charge is 0.463 e. The maximum absolute atomic E-state index is 12.4. The molecule has 1 heterocycles. The number of amides is 2. The van der Waals surface area contributed by atoms with E-state index in [9.17, 15) is 14.4 Å². The van der Waals surface area contributed by atoms with Gasteiger partial charge in [0.15, 0.2) is 0 Å². The number of hydrogen-bond acceptors (Lipinski definition) is 4. The number of ether oxygens (including phenoxy) is 1. The Morgan fingerprint density at radius 3 is 2.82 bits per heavy atom. The zero-order chi connectivity index (χ0) is 20.5. The third kappa shape index (κ3) is 7.24. The molecule has 1 fully saturated rings. The summed E-state index contributed by atoms with van der Waals surface area (Å²) in [5, 5.41) is 5.62. The van der Waals surface area contributed by atoms with Crippen molar-refractivity contribution in [3.63, 3.8) is 0 Å². The van der Waals surface area contributed by atoms with Crippen LogP contribution in [-0.4, -0.2) is 37.0 Å². The van der Waals surface area contributed by atoms with Crippen LogP contribution in [-0.2, 0) is 19.1 Å². The van der Waals surface area contributed by atoms with E-state index in [-0.39, 0.29) is 24.3 Å². The van der Waals surface area contributed by atoms with Gasteiger partial charge in [0.2, 0.25) is 11.8 Å². The lowest BCUT2D eigenvalue weighted by molar-refractivity contribution is -0.137. The van der Waals surface area contributed by atoms with Crippen LogP contribution in [0.4, 0.5) is 0 Å². The molecule has 0 radical (unpaired) electrons. The van der Waals surface area contributed by atoms with E-state index in [1.807, 2.05) is 18.2 Å². The highest BCUT2D eigenvalue weighted by atomic mass is 79.9. The minimum absolute atomic E-state index is 0.0302. The first-order chi connectivity index (χ1) is 13.4. The number of esters is 1. The zero-order valence-electron chi connectivity index (χ0n) is 15.4. The molecule has 0 saturated carbocycles. The van der Waals surface area contributed by atoms with Gasteiger partial charge in [-0.15, -0.1) is 0 Å². The standard InChI is InChI=1S/C20H22Br2N2O4/c1-2-28-19(26)8-5-16(12-14-9-10-23-20(14)27)24-18(25)7-3-13-11-15(21)4-6-17(13)22/h3-8,11,14,16H,2,9-10,12H2,1H3,(H,23,27)(H,24,25)/b7-3+,8-5+/t14-,16+/m0/s1. The fourth-order valence-corrected chi connectivity index (χ4v) is 3.54. The molecular formula is C20H22Br2N2O4. The van der Waals surface area contributed by atoms with Gasteiger partial charge in [0.25, 0.3) is 0 Å². The highest BCUT2D eigenvalue weighted by molar-refractivity contribution is 9.11. The summed E-state index contributed by atoms with van der Waals surface area (Å²) in [5.41, 5.74) is 0.846. The highest BCUT2D eigenvalue weighted by Crippen LogP contribution is 2.22. The molecule has 28 heavy (non-hydrogen) atoms. The Hall–Kier alpha value is -1.93. The molecule has 0 aromatic heterocycles. The summed E-state index contributed by atoms with van der Waals surface area (Å²) in [6.45, 7) is 2.62. The van der Waals surface area contributed by atoms with Gasteiger partial charge >= 0.3 is 5.97 Å². The molecule has 1 aromatic carbocycles. The quantitative estimate of drug-likeness (QED) is 0.412. The van der Waals surface area contributed by atoms with Gasteiger partial charge in [-0.1, -0.05) is 37.9 Å². The first-order valence-corrected chi connectivity index (χ1v) is 10.5. The van der Waals surface area contributed by atoms with E-state index in [0.717, 1.165) is 14.5 Å². The van der Waals surface area contributed by atoms with Crippen molar-refractivity contribution < 1.29 is 19.1 Å². The van der Waals surface area contributed by atoms with Gasteiger partial charge in [-0.2, -0.15) is 0 Å². The van der Waals surface area contributed by atoms with Crippen LogP contribution in [0.1, 0.15) is 25.3 Å². The van der Waals surface area contributed by atoms with E-state index in [2.05, 4.69) is 42.5 Å². The van der Waals surface area contributed by atoms with Crippen molar-refractivity contribution in [2.75, 3.05) is 13.2 Å². The third-order valence-electron chi connectivity index (χ3n) is 4.15. The molecule has 2 amide bonds. The molecule has 2 N–H and O–H groups in total. The predicted octanol–water partition coefficient (Wildman–Crippen LogP) is 3.36. The summed E-state index contributed by atoms with van der Waals surface area (Å²) in [6, 6.07) is 5.20. The molecule has 1 saturated heterocycles. The normalized spacial score (nSPS) is 17.7. The number of hydrogen-bond donors (Lipinski definition) is 2. The average molecular weight is 514 g/mol. The van der Waals surface area contributed by atoms with E-state index < -0.39 is 12.0 Å². The second-order valence-electron chi connectivity index (χ2n) is 6.24. The average Bonchev–Trinajstić information content (AvgIpc) is 3.05. The second kappa shape index (κ2) is 11.2. The summed E-state index contributed by atoms with van der Waals surface area (Å²) >= 11 is 6.84. The minimum atomic E-state index is -0.480. The van der Waals surface area contributed by atoms with E-state index in [1.54, 1.807) is 19.1 Å². The van der Waals surface area contributed by atoms with Crippen LogP contribution in [0.2, 0.25) is 0 Å². The van der Waals surface area contributed by atoms with Gasteiger partial charge in [-0.25, -0.2) is 4.79 Å². The lowest BCUT2D eigenvalue weighted by Crippen LogP contribution is -2.35. The first-order valence-electron chi connectivity index (χ1n) is 8.95. The van der Waals surface area contributed by atoms with Gasteiger partial charge in [0, 0.05) is 39.6 Å². The Kier molecular flexibility index (Phi) is 8.92. The first kappa shape index (κ1) is 22.4. The summed E-state index contributed by atoms with van der Waals surface area (Å²) in [5.74, 6) is -1.02. The van der Waals surface area contributed by atoms with Gasteiger partial charge in [0.1, 0.15) is 0 Å². The Morgan fingerprint density at radius 1 is 1.36 bits per heavy atom. The van der Waals surface area contributed by atoms with Crippen molar-refractivity contribution in [2.24, 2.45) is 5.92 Å². The van der Waals surface area contributed by atoms with Crippen molar-refractivity contribution in [2.45, 2.75) is 25.8 Å². The monoisotopic (exact) mass is 512 g/mol. The number of halogens is 2. The highest BCUT2D eigenvalue weighted by Gasteiger charge is 2.26. The van der Waals surface area contributed by atoms with Crippen molar-refractivity contribution >= 4 is 55.7 Å². The number of nitrogens with one attached hydrogen (secondary N) is 2. The molecule has 2 rings (SSSR count). The number of carbonyl (C=O) groups excluding carboxylic acids is 3. The topological polar surface area (TPSA) is 84.5 Å². The maximum atomic E-state index is 12.4. The minimum Gasteiger partial charge on any atom is -0.463 e. The molecule has 1 aliphatic heterocycles. The lowest BCUT2D eigenvalue weighted by Gasteiger charge is -2.17. The van der Waals surface area contributed by atoms with Crippen LogP contribution in [0.15, 0.2) is 45.4 Å². The maximum Gasteiger partial charge on any atom is 0.330 e. The fourth-order valence-electron chi connectivity index (χ4n) is 2.79. The second-order valence-corrected chi connectivity index (χ2v) is 8.01. The molecule has 0 bridgehead atoms. The van der Waals surface area contributed by atoms with E-state index >= 15 is 0 Å². The summed E-state index contributed by atoms with van der Waals surface area (Å²) in [7, 11) is 0. The van der Waals surface area contributed by atoms with Crippen LogP contribution < -0.4 is 10.6 Å². The van der Waals surface area contributed by atoms with E-state index in [4.69, 9.17) is 4.74 Å². The number of benzene rings is 1. The van der Waals surface area contributed by atoms with Crippen LogP contribution in [0, 0.1) is 5.92 Å². The molecule has 2 atom stereocenters. The smallest absolute Gasteiger partial charge is 0.330 e. The van der Waals surface area contributed by atoms with Crippen molar-refractivity contribution in [1.29, 1.82) is 0 Å². The predicted molar refractivity (Wildman–Crippen MR) is 114 cm³/mol. The molecule has 8 heteroatoms. The Bertz CT molecular complexity index is 792. The third-order valence-corrected chi connectivity index (χ3v) is 5.37. The SMILES string of the molecule is CCOC(=O)/C=C/[C@H](C[C@@H]1CCNC1=O)NC(=O)/C=C/c1cc(Br)ccc1Br. The van der Waals surface area contributed by atoms with E-state index in [0.29, 0.717) is 19.4 Å². The van der Waals surface area contributed by atoms with Crippen LogP contribution >= 0.6 is 31.9 Å². The van der Waals surface area contributed by atoms with Crippen molar-refractivity contribution in [3.05, 3.63) is 50.9 Å². The van der Waals surface area contributed by atoms with Gasteiger partial charge < -0.3 is 15.4 Å². The van der Waals surface area contributed by atoms with Gasteiger partial charge in [0.05, 0.1) is 6.61 Å². The molecule has 1 aliphatic rings. The van der Waals surface area contributed by atoms with Gasteiger partial charge in [-0.05, 0) is 49.6 Å². The van der Waals surface area contributed by atoms with Crippen molar-refractivity contribution in [1.82, 2.24) is 10.6 Å².